The molecule has 2 nitrogen and oxygen atoms in total. The smallest absolute Gasteiger partial charge is 0.183 e. The Hall–Kier alpha value is -2.50. The lowest BCUT2D eigenvalue weighted by molar-refractivity contribution is 0.415. The highest BCUT2D eigenvalue weighted by atomic mass is 31.2. The summed E-state index contributed by atoms with van der Waals surface area (Å²) in [5.41, 5.74) is 1.15. The average Bonchev–Trinajstić information content (AvgIpc) is 3.38. The van der Waals surface area contributed by atoms with E-state index < -0.39 is 15.2 Å². The van der Waals surface area contributed by atoms with Crippen molar-refractivity contribution in [2.45, 2.75) is 25.0 Å². The molecule has 1 aliphatic rings. The molecule has 0 bridgehead atoms. The lowest BCUT2D eigenvalue weighted by Crippen LogP contribution is -2.35. The molecule has 0 saturated carbocycles. The molecular weight excluding hydrogens is 452 g/mol. The molecule has 1 aliphatic heterocycles. The fourth-order valence-corrected chi connectivity index (χ4v) is 10.9. The van der Waals surface area contributed by atoms with Gasteiger partial charge in [-0.05, 0) is 43.1 Å². The van der Waals surface area contributed by atoms with Crippen LogP contribution in [0.25, 0.3) is 0 Å². The predicted octanol–water partition coefficient (Wildman–Crippen LogP) is 6.39. The summed E-state index contributed by atoms with van der Waals surface area (Å²) in [7, 11) is -3.32. The Morgan fingerprint density at radius 1 is 0.706 bits per heavy atom. The maximum absolute atomic E-state index is 15.0. The lowest BCUT2D eigenvalue weighted by Gasteiger charge is -2.35. The second-order valence-electron chi connectivity index (χ2n) is 8.92. The Morgan fingerprint density at radius 2 is 1.21 bits per heavy atom. The van der Waals surface area contributed by atoms with Crippen LogP contribution in [0.5, 0.6) is 0 Å². The van der Waals surface area contributed by atoms with E-state index in [1.807, 2.05) is 24.3 Å². The van der Waals surface area contributed by atoms with Gasteiger partial charge in [0.1, 0.15) is 0 Å². The van der Waals surface area contributed by atoms with Crippen molar-refractivity contribution in [3.05, 3.63) is 127 Å². The summed E-state index contributed by atoms with van der Waals surface area (Å²) in [6.07, 6.45) is 3.82. The van der Waals surface area contributed by atoms with E-state index in [4.69, 9.17) is 0 Å². The minimum absolute atomic E-state index is 0.307. The van der Waals surface area contributed by atoms with Gasteiger partial charge in [0, 0.05) is 24.1 Å². The molecule has 0 aromatic heterocycles. The molecule has 0 radical (unpaired) electrons. The van der Waals surface area contributed by atoms with Crippen molar-refractivity contribution in [1.82, 2.24) is 4.67 Å². The third-order valence-corrected chi connectivity index (χ3v) is 12.6. The number of hydrogen-bond donors (Lipinski definition) is 0. The van der Waals surface area contributed by atoms with Crippen molar-refractivity contribution < 1.29 is 4.57 Å². The van der Waals surface area contributed by atoms with Crippen molar-refractivity contribution in [2.75, 3.05) is 12.7 Å². The van der Waals surface area contributed by atoms with Gasteiger partial charge in [0.2, 0.25) is 0 Å². The predicted molar refractivity (Wildman–Crippen MR) is 147 cm³/mol. The molecule has 0 aliphatic carbocycles. The largest absolute Gasteiger partial charge is 0.301 e. The van der Waals surface area contributed by atoms with Gasteiger partial charge in [0.05, 0.1) is 0 Å². The Morgan fingerprint density at radius 3 is 1.76 bits per heavy atom. The first kappa shape index (κ1) is 23.3. The molecule has 1 unspecified atom stereocenters. The molecule has 1 saturated heterocycles. The van der Waals surface area contributed by atoms with Gasteiger partial charge in [0.25, 0.3) is 0 Å². The molecule has 2 atom stereocenters. The molecule has 5 rings (SSSR count). The Balaban J connectivity index is 1.51. The topological polar surface area (TPSA) is 20.3 Å². The van der Waals surface area contributed by atoms with Gasteiger partial charge < -0.3 is 4.57 Å². The first-order chi connectivity index (χ1) is 16.7. The Kier molecular flexibility index (Phi) is 7.41. The minimum Gasteiger partial charge on any atom is -0.301 e. The maximum atomic E-state index is 15.0. The van der Waals surface area contributed by atoms with Crippen molar-refractivity contribution in [3.63, 3.8) is 0 Å². The zero-order valence-corrected chi connectivity index (χ0v) is 21.2. The van der Waals surface area contributed by atoms with Crippen molar-refractivity contribution >= 4 is 31.1 Å². The first-order valence-electron chi connectivity index (χ1n) is 12.1. The highest BCUT2D eigenvalue weighted by Crippen LogP contribution is 2.56. The summed E-state index contributed by atoms with van der Waals surface area (Å²) < 4.78 is 17.4. The number of hydrogen-bond acceptors (Lipinski definition) is 1. The van der Waals surface area contributed by atoms with Gasteiger partial charge in [0.15, 0.2) is 7.29 Å². The second-order valence-corrected chi connectivity index (χ2v) is 13.9. The standard InChI is InChI=1S/C30H31NOP2/c32-34(30-21-11-4-12-22-30,25-26-14-5-1-6-15-26)31-23-13-16-27(31)24-33(28-17-7-2-8-18-28)29-19-9-3-10-20-29/h1-12,14-15,17-22,27H,13,16,23-25H2/t27-,34?/m0/s1. The van der Waals surface area contributed by atoms with E-state index in [1.165, 1.54) is 10.6 Å². The second kappa shape index (κ2) is 10.8. The maximum Gasteiger partial charge on any atom is 0.183 e. The van der Waals surface area contributed by atoms with Crippen LogP contribution in [0, 0.1) is 0 Å². The molecule has 172 valence electrons. The quantitative estimate of drug-likeness (QED) is 0.271. The van der Waals surface area contributed by atoms with Crippen molar-refractivity contribution in [1.29, 1.82) is 0 Å². The van der Waals surface area contributed by atoms with Crippen LogP contribution in [0.1, 0.15) is 18.4 Å². The number of rotatable bonds is 8. The van der Waals surface area contributed by atoms with E-state index in [2.05, 4.69) is 102 Å². The molecule has 1 fully saturated rings. The summed E-state index contributed by atoms with van der Waals surface area (Å²) in [6.45, 7) is 0.899. The molecule has 34 heavy (non-hydrogen) atoms. The van der Waals surface area contributed by atoms with Crippen LogP contribution in [0.3, 0.4) is 0 Å². The van der Waals surface area contributed by atoms with E-state index >= 15 is 0 Å². The molecule has 4 heteroatoms. The fourth-order valence-electron chi connectivity index (χ4n) is 5.04. The summed E-state index contributed by atoms with van der Waals surface area (Å²) in [5, 5.41) is 3.77. The molecule has 0 amide bonds. The Labute approximate surface area is 204 Å². The van der Waals surface area contributed by atoms with E-state index in [0.717, 1.165) is 36.4 Å². The highest BCUT2D eigenvalue weighted by Gasteiger charge is 2.41. The molecule has 4 aromatic carbocycles. The van der Waals surface area contributed by atoms with Crippen LogP contribution in [0.15, 0.2) is 121 Å². The van der Waals surface area contributed by atoms with Crippen LogP contribution in [-0.2, 0) is 10.7 Å². The lowest BCUT2D eigenvalue weighted by atomic mass is 10.2. The third kappa shape index (κ3) is 5.11. The summed E-state index contributed by atoms with van der Waals surface area (Å²) in [6, 6.07) is 42.7. The van der Waals surface area contributed by atoms with Crippen LogP contribution in [-0.4, -0.2) is 23.4 Å². The van der Waals surface area contributed by atoms with Gasteiger partial charge in [-0.3, -0.25) is 0 Å². The van der Waals surface area contributed by atoms with Crippen molar-refractivity contribution in [2.24, 2.45) is 0 Å². The van der Waals surface area contributed by atoms with Crippen LogP contribution < -0.4 is 15.9 Å². The van der Waals surface area contributed by atoms with Gasteiger partial charge in [-0.2, -0.15) is 0 Å². The summed E-state index contributed by atoms with van der Waals surface area (Å²) >= 11 is 0. The van der Waals surface area contributed by atoms with Gasteiger partial charge in [-0.1, -0.05) is 121 Å². The zero-order valence-electron chi connectivity index (χ0n) is 19.4. The molecule has 0 spiro atoms. The van der Waals surface area contributed by atoms with E-state index in [0.29, 0.717) is 12.2 Å². The van der Waals surface area contributed by atoms with E-state index in [1.54, 1.807) is 0 Å². The van der Waals surface area contributed by atoms with E-state index in [9.17, 15) is 4.57 Å². The molecule has 0 N–H and O–H groups in total. The SMILES string of the molecule is O=P(Cc1ccccc1)(c1ccccc1)N1CCC[C@H]1CP(c1ccccc1)c1ccccc1. The van der Waals surface area contributed by atoms with Crippen LogP contribution in [0.4, 0.5) is 0 Å². The van der Waals surface area contributed by atoms with Crippen LogP contribution in [0.2, 0.25) is 0 Å². The monoisotopic (exact) mass is 483 g/mol. The number of nitrogens with zero attached hydrogens (tertiary/aromatic N) is 1. The molecular formula is C30H31NOP2. The van der Waals surface area contributed by atoms with Crippen molar-refractivity contribution in [3.8, 4) is 0 Å². The van der Waals surface area contributed by atoms with Gasteiger partial charge in [-0.15, -0.1) is 0 Å². The number of benzene rings is 4. The third-order valence-electron chi connectivity index (χ3n) is 6.69. The Bertz CT molecular complexity index is 1180. The minimum atomic E-state index is -2.79. The molecule has 1 heterocycles. The normalized spacial score (nSPS) is 18.1. The van der Waals surface area contributed by atoms with Gasteiger partial charge >= 0.3 is 0 Å². The summed E-state index contributed by atoms with van der Waals surface area (Å²) in [5.74, 6) is 0. The van der Waals surface area contributed by atoms with E-state index in [-0.39, 0.29) is 0 Å². The fraction of sp³-hybridized carbons (Fsp3) is 0.200. The first-order valence-corrected chi connectivity index (χ1v) is 15.4. The van der Waals surface area contributed by atoms with Crippen LogP contribution >= 0.6 is 15.2 Å². The zero-order chi connectivity index (χ0) is 23.2. The summed E-state index contributed by atoms with van der Waals surface area (Å²) in [4.78, 5) is 0. The molecule has 4 aromatic rings. The van der Waals surface area contributed by atoms with Gasteiger partial charge in [-0.25, -0.2) is 4.67 Å². The average molecular weight is 484 g/mol. The highest BCUT2D eigenvalue weighted by molar-refractivity contribution is 7.73.